The molecule has 1 heterocycles. The zero-order valence-electron chi connectivity index (χ0n) is 15.6. The molecule has 0 saturated heterocycles. The molecule has 0 bridgehead atoms. The molecule has 5 nitrogen and oxygen atoms in total. The standard InChI is InChI=1S/C20H24N2O3S/c1-5-22-18-8-7-17(12-16(18)6-9-19(22)23)21-26(24,25)20-14(3)10-13(2)11-15(20)4/h7-8,10-12,21H,5-6,9H2,1-4H3. The van der Waals surface area contributed by atoms with Gasteiger partial charge in [-0.1, -0.05) is 17.7 Å². The molecule has 6 heteroatoms. The maximum Gasteiger partial charge on any atom is 0.262 e. The molecule has 1 amide bonds. The van der Waals surface area contributed by atoms with Crippen LogP contribution in [0, 0.1) is 20.8 Å². The summed E-state index contributed by atoms with van der Waals surface area (Å²) >= 11 is 0. The molecule has 2 aromatic rings. The molecule has 0 radical (unpaired) electrons. The van der Waals surface area contributed by atoms with Crippen LogP contribution in [0.2, 0.25) is 0 Å². The maximum atomic E-state index is 12.9. The van der Waals surface area contributed by atoms with E-state index in [1.807, 2.05) is 52.0 Å². The van der Waals surface area contributed by atoms with Crippen molar-refractivity contribution >= 4 is 27.3 Å². The number of amides is 1. The normalized spacial score (nSPS) is 14.3. The number of nitrogens with zero attached hydrogens (tertiary/aromatic N) is 1. The van der Waals surface area contributed by atoms with Crippen LogP contribution in [0.3, 0.4) is 0 Å². The van der Waals surface area contributed by atoms with Crippen molar-refractivity contribution < 1.29 is 13.2 Å². The first-order valence-corrected chi connectivity index (χ1v) is 10.2. The second-order valence-electron chi connectivity index (χ2n) is 6.81. The lowest BCUT2D eigenvalue weighted by atomic mass is 10.0. The van der Waals surface area contributed by atoms with Crippen LogP contribution in [0.5, 0.6) is 0 Å². The zero-order valence-corrected chi connectivity index (χ0v) is 16.4. The van der Waals surface area contributed by atoms with E-state index in [4.69, 9.17) is 0 Å². The van der Waals surface area contributed by atoms with Crippen LogP contribution >= 0.6 is 0 Å². The lowest BCUT2D eigenvalue weighted by Gasteiger charge is -2.28. The van der Waals surface area contributed by atoms with Gasteiger partial charge in [-0.05, 0) is 69.0 Å². The SMILES string of the molecule is CCN1C(=O)CCc2cc(NS(=O)(=O)c3c(C)cc(C)cc3C)ccc21. The van der Waals surface area contributed by atoms with Crippen LogP contribution in [0.4, 0.5) is 11.4 Å². The Labute approximate surface area is 155 Å². The second kappa shape index (κ2) is 6.76. The summed E-state index contributed by atoms with van der Waals surface area (Å²) in [6.07, 6.45) is 1.08. The summed E-state index contributed by atoms with van der Waals surface area (Å²) in [7, 11) is -3.68. The third kappa shape index (κ3) is 3.33. The molecular weight excluding hydrogens is 348 g/mol. The topological polar surface area (TPSA) is 66.5 Å². The maximum absolute atomic E-state index is 12.9. The molecule has 2 aromatic carbocycles. The quantitative estimate of drug-likeness (QED) is 0.890. The summed E-state index contributed by atoms with van der Waals surface area (Å²) in [5, 5.41) is 0. The number of hydrogen-bond acceptors (Lipinski definition) is 3. The largest absolute Gasteiger partial charge is 0.312 e. The Hall–Kier alpha value is -2.34. The lowest BCUT2D eigenvalue weighted by Crippen LogP contribution is -2.34. The molecule has 3 rings (SSSR count). The fourth-order valence-corrected chi connectivity index (χ4v) is 5.27. The van der Waals surface area contributed by atoms with E-state index in [1.54, 1.807) is 11.0 Å². The highest BCUT2D eigenvalue weighted by atomic mass is 32.2. The second-order valence-corrected chi connectivity index (χ2v) is 8.43. The van der Waals surface area contributed by atoms with E-state index in [0.29, 0.717) is 30.0 Å². The van der Waals surface area contributed by atoms with Crippen molar-refractivity contribution in [1.29, 1.82) is 0 Å². The molecule has 0 aliphatic carbocycles. The van der Waals surface area contributed by atoms with E-state index >= 15 is 0 Å². The van der Waals surface area contributed by atoms with Crippen molar-refractivity contribution in [3.8, 4) is 0 Å². The van der Waals surface area contributed by atoms with Crippen LogP contribution in [-0.4, -0.2) is 20.9 Å². The zero-order chi connectivity index (χ0) is 19.1. The van der Waals surface area contributed by atoms with Crippen LogP contribution in [0.25, 0.3) is 0 Å². The smallest absolute Gasteiger partial charge is 0.262 e. The minimum atomic E-state index is -3.68. The van der Waals surface area contributed by atoms with Gasteiger partial charge >= 0.3 is 0 Å². The van der Waals surface area contributed by atoms with E-state index in [9.17, 15) is 13.2 Å². The summed E-state index contributed by atoms with van der Waals surface area (Å²) in [5.74, 6) is 0.110. The van der Waals surface area contributed by atoms with Gasteiger partial charge in [-0.15, -0.1) is 0 Å². The number of aryl methyl sites for hydroxylation is 4. The van der Waals surface area contributed by atoms with Crippen molar-refractivity contribution in [2.45, 2.75) is 45.4 Å². The van der Waals surface area contributed by atoms with Crippen molar-refractivity contribution in [2.24, 2.45) is 0 Å². The number of nitrogens with one attached hydrogen (secondary N) is 1. The molecule has 0 saturated carbocycles. The van der Waals surface area contributed by atoms with E-state index < -0.39 is 10.0 Å². The van der Waals surface area contributed by atoms with Gasteiger partial charge in [0, 0.05) is 24.3 Å². The monoisotopic (exact) mass is 372 g/mol. The van der Waals surface area contributed by atoms with Gasteiger partial charge in [-0.3, -0.25) is 9.52 Å². The molecule has 1 aliphatic heterocycles. The molecule has 0 fully saturated rings. The average molecular weight is 372 g/mol. The predicted molar refractivity (Wildman–Crippen MR) is 104 cm³/mol. The molecule has 1 aliphatic rings. The van der Waals surface area contributed by atoms with E-state index in [-0.39, 0.29) is 5.91 Å². The highest BCUT2D eigenvalue weighted by molar-refractivity contribution is 7.92. The third-order valence-electron chi connectivity index (χ3n) is 4.72. The molecule has 26 heavy (non-hydrogen) atoms. The minimum absolute atomic E-state index is 0.110. The van der Waals surface area contributed by atoms with E-state index in [2.05, 4.69) is 4.72 Å². The van der Waals surface area contributed by atoms with Gasteiger partial charge in [0.15, 0.2) is 0 Å². The Bertz CT molecular complexity index is 958. The van der Waals surface area contributed by atoms with Crippen molar-refractivity contribution in [2.75, 3.05) is 16.2 Å². The number of hydrogen-bond donors (Lipinski definition) is 1. The first-order valence-electron chi connectivity index (χ1n) is 8.77. The summed E-state index contributed by atoms with van der Waals surface area (Å²) in [6, 6.07) is 9.12. The van der Waals surface area contributed by atoms with Crippen LogP contribution in [-0.2, 0) is 21.2 Å². The van der Waals surface area contributed by atoms with E-state index in [0.717, 1.165) is 27.9 Å². The highest BCUT2D eigenvalue weighted by Gasteiger charge is 2.24. The van der Waals surface area contributed by atoms with Crippen LogP contribution in [0.15, 0.2) is 35.2 Å². The number of sulfonamides is 1. The fourth-order valence-electron chi connectivity index (χ4n) is 3.77. The van der Waals surface area contributed by atoms with Gasteiger partial charge in [-0.2, -0.15) is 0 Å². The Kier molecular flexibility index (Phi) is 4.80. The first-order chi connectivity index (χ1) is 12.2. The van der Waals surface area contributed by atoms with Crippen molar-refractivity contribution in [3.05, 3.63) is 52.6 Å². The summed E-state index contributed by atoms with van der Waals surface area (Å²) in [5.41, 5.74) is 4.88. The van der Waals surface area contributed by atoms with Gasteiger partial charge in [0.2, 0.25) is 5.91 Å². The highest BCUT2D eigenvalue weighted by Crippen LogP contribution is 2.31. The number of carbonyl (C=O) groups excluding carboxylic acids is 1. The molecule has 0 aromatic heterocycles. The molecule has 0 atom stereocenters. The van der Waals surface area contributed by atoms with Gasteiger partial charge in [0.25, 0.3) is 10.0 Å². The molecule has 0 unspecified atom stereocenters. The summed E-state index contributed by atoms with van der Waals surface area (Å²) in [6.45, 7) is 8.12. The van der Waals surface area contributed by atoms with Gasteiger partial charge < -0.3 is 4.90 Å². The van der Waals surface area contributed by atoms with E-state index in [1.165, 1.54) is 0 Å². The summed E-state index contributed by atoms with van der Waals surface area (Å²) in [4.78, 5) is 14.1. The number of benzene rings is 2. The van der Waals surface area contributed by atoms with Gasteiger partial charge in [0.1, 0.15) is 0 Å². The van der Waals surface area contributed by atoms with Crippen molar-refractivity contribution in [3.63, 3.8) is 0 Å². The fraction of sp³-hybridized carbons (Fsp3) is 0.350. The third-order valence-corrected chi connectivity index (χ3v) is 6.41. The van der Waals surface area contributed by atoms with Gasteiger partial charge in [-0.25, -0.2) is 8.42 Å². The Balaban J connectivity index is 1.96. The lowest BCUT2D eigenvalue weighted by molar-refractivity contribution is -0.118. The Morgan fingerprint density at radius 2 is 1.69 bits per heavy atom. The first kappa shape index (κ1) is 18.5. The summed E-state index contributed by atoms with van der Waals surface area (Å²) < 4.78 is 28.5. The van der Waals surface area contributed by atoms with Crippen LogP contribution < -0.4 is 9.62 Å². The molecule has 1 N–H and O–H groups in total. The number of carbonyl (C=O) groups is 1. The number of fused-ring (bicyclic) bond motifs is 1. The average Bonchev–Trinajstić information content (AvgIpc) is 2.53. The minimum Gasteiger partial charge on any atom is -0.312 e. The predicted octanol–water partition coefficient (Wildman–Crippen LogP) is 3.71. The number of rotatable bonds is 4. The Morgan fingerprint density at radius 3 is 2.31 bits per heavy atom. The molecule has 138 valence electrons. The molecule has 0 spiro atoms. The van der Waals surface area contributed by atoms with Crippen LogP contribution in [0.1, 0.15) is 35.6 Å². The number of anilines is 2. The Morgan fingerprint density at radius 1 is 1.04 bits per heavy atom. The van der Waals surface area contributed by atoms with Gasteiger partial charge in [0.05, 0.1) is 4.90 Å². The molecular formula is C20H24N2O3S. The van der Waals surface area contributed by atoms with Crippen molar-refractivity contribution in [1.82, 2.24) is 0 Å².